The number of nitro groups is 2. The minimum atomic E-state index is -0.819. The molecule has 0 amide bonds. The Kier molecular flexibility index (Phi) is 5.12. The Morgan fingerprint density at radius 2 is 1.68 bits per heavy atom. The van der Waals surface area contributed by atoms with Gasteiger partial charge < -0.3 is 14.2 Å². The predicted molar refractivity (Wildman–Crippen MR) is 84.2 cm³/mol. The van der Waals surface area contributed by atoms with Gasteiger partial charge in [0.1, 0.15) is 17.1 Å². The molecule has 10 nitrogen and oxygen atoms in total. The van der Waals surface area contributed by atoms with Gasteiger partial charge in [0.25, 0.3) is 5.69 Å². The first-order valence-electron chi connectivity index (χ1n) is 6.74. The van der Waals surface area contributed by atoms with E-state index in [2.05, 4.69) is 4.74 Å². The summed E-state index contributed by atoms with van der Waals surface area (Å²) < 4.78 is 15.1. The molecule has 0 heterocycles. The largest absolute Gasteiger partial charge is 0.497 e. The van der Waals surface area contributed by atoms with E-state index in [1.165, 1.54) is 32.4 Å². The van der Waals surface area contributed by atoms with E-state index < -0.39 is 27.2 Å². The predicted octanol–water partition coefficient (Wildman–Crippen LogP) is 3.09. The van der Waals surface area contributed by atoms with Gasteiger partial charge in [-0.05, 0) is 18.2 Å². The molecule has 0 saturated heterocycles. The van der Waals surface area contributed by atoms with Gasteiger partial charge in [0.2, 0.25) is 5.75 Å². The van der Waals surface area contributed by atoms with Crippen LogP contribution in [0.1, 0.15) is 10.4 Å². The number of carbonyl (C=O) groups excluding carboxylic acids is 1. The zero-order chi connectivity index (χ0) is 18.6. The van der Waals surface area contributed by atoms with Gasteiger partial charge >= 0.3 is 11.7 Å². The maximum atomic E-state index is 11.8. The second kappa shape index (κ2) is 7.25. The number of ether oxygens (including phenoxy) is 3. The van der Waals surface area contributed by atoms with E-state index in [0.29, 0.717) is 5.75 Å². The van der Waals surface area contributed by atoms with Crippen LogP contribution in [-0.2, 0) is 4.74 Å². The molecule has 0 aliphatic carbocycles. The molecule has 0 aliphatic heterocycles. The number of non-ortho nitro benzene ring substituents is 1. The third kappa shape index (κ3) is 3.80. The van der Waals surface area contributed by atoms with Crippen LogP contribution in [0.2, 0.25) is 0 Å². The van der Waals surface area contributed by atoms with E-state index in [-0.39, 0.29) is 17.1 Å². The van der Waals surface area contributed by atoms with Gasteiger partial charge in [-0.15, -0.1) is 0 Å². The summed E-state index contributed by atoms with van der Waals surface area (Å²) in [6.45, 7) is 0. The van der Waals surface area contributed by atoms with Crippen molar-refractivity contribution in [2.75, 3.05) is 14.2 Å². The van der Waals surface area contributed by atoms with Crippen LogP contribution in [0.15, 0.2) is 36.4 Å². The van der Waals surface area contributed by atoms with E-state index in [4.69, 9.17) is 9.47 Å². The van der Waals surface area contributed by atoms with Crippen LogP contribution in [0.4, 0.5) is 11.4 Å². The van der Waals surface area contributed by atoms with Crippen LogP contribution in [0.5, 0.6) is 17.2 Å². The van der Waals surface area contributed by atoms with Crippen LogP contribution in [0.3, 0.4) is 0 Å². The van der Waals surface area contributed by atoms with E-state index >= 15 is 0 Å². The van der Waals surface area contributed by atoms with Crippen molar-refractivity contribution >= 4 is 17.3 Å². The second-order valence-corrected chi connectivity index (χ2v) is 4.62. The topological polar surface area (TPSA) is 131 Å². The molecule has 0 spiro atoms. The van der Waals surface area contributed by atoms with Crippen molar-refractivity contribution in [3.63, 3.8) is 0 Å². The molecular formula is C15H12N2O8. The molecule has 2 aromatic carbocycles. The molecule has 130 valence electrons. The van der Waals surface area contributed by atoms with Crippen molar-refractivity contribution in [2.24, 2.45) is 0 Å². The highest BCUT2D eigenvalue weighted by Gasteiger charge is 2.23. The summed E-state index contributed by atoms with van der Waals surface area (Å²) in [5, 5.41) is 21.9. The third-order valence-corrected chi connectivity index (χ3v) is 3.16. The van der Waals surface area contributed by atoms with Crippen LogP contribution < -0.4 is 9.47 Å². The Morgan fingerprint density at radius 3 is 2.24 bits per heavy atom. The lowest BCUT2D eigenvalue weighted by Crippen LogP contribution is -2.05. The fourth-order valence-corrected chi connectivity index (χ4v) is 1.96. The Morgan fingerprint density at radius 1 is 0.960 bits per heavy atom. The molecule has 25 heavy (non-hydrogen) atoms. The normalized spacial score (nSPS) is 10.0. The summed E-state index contributed by atoms with van der Waals surface area (Å²) >= 11 is 0. The molecule has 10 heteroatoms. The van der Waals surface area contributed by atoms with Gasteiger partial charge in [0, 0.05) is 12.1 Å². The summed E-state index contributed by atoms with van der Waals surface area (Å²) in [6, 6.07) is 7.11. The number of methoxy groups -OCH3 is 2. The molecule has 0 bridgehead atoms. The average molecular weight is 348 g/mol. The highest BCUT2D eigenvalue weighted by Crippen LogP contribution is 2.37. The van der Waals surface area contributed by atoms with E-state index in [0.717, 1.165) is 18.2 Å². The number of nitrogens with zero attached hydrogens (tertiary/aromatic N) is 2. The standard InChI is InChI=1S/C15H12N2O8/c1-23-10-4-5-11(15(18)24-2)14(8-10)25-13-6-3-9(16(19)20)7-12(13)17(21)22/h3-8H,1-2H3. The van der Waals surface area contributed by atoms with Crippen LogP contribution in [0.25, 0.3) is 0 Å². The highest BCUT2D eigenvalue weighted by atomic mass is 16.6. The Labute approximate surface area is 140 Å². The van der Waals surface area contributed by atoms with Gasteiger partial charge in [-0.25, -0.2) is 4.79 Å². The van der Waals surface area contributed by atoms with Crippen LogP contribution in [-0.4, -0.2) is 30.0 Å². The number of carbonyl (C=O) groups is 1. The third-order valence-electron chi connectivity index (χ3n) is 3.16. The summed E-state index contributed by atoms with van der Waals surface area (Å²) in [4.78, 5) is 32.2. The lowest BCUT2D eigenvalue weighted by Gasteiger charge is -2.11. The second-order valence-electron chi connectivity index (χ2n) is 4.62. The molecule has 2 rings (SSSR count). The van der Waals surface area contributed by atoms with Crippen molar-refractivity contribution < 1.29 is 28.9 Å². The molecular weight excluding hydrogens is 336 g/mol. The molecule has 0 atom stereocenters. The van der Waals surface area contributed by atoms with E-state index in [1.807, 2.05) is 0 Å². The highest BCUT2D eigenvalue weighted by molar-refractivity contribution is 5.92. The average Bonchev–Trinajstić information content (AvgIpc) is 2.60. The SMILES string of the molecule is COC(=O)c1ccc(OC)cc1Oc1ccc([N+](=O)[O-])cc1[N+](=O)[O-]. The lowest BCUT2D eigenvalue weighted by atomic mass is 10.2. The molecule has 0 aliphatic rings. The zero-order valence-electron chi connectivity index (χ0n) is 13.1. The number of benzene rings is 2. The number of nitro benzene ring substituents is 2. The monoisotopic (exact) mass is 348 g/mol. The van der Waals surface area contributed by atoms with E-state index in [1.54, 1.807) is 0 Å². The van der Waals surface area contributed by atoms with Gasteiger partial charge in [0.05, 0.1) is 30.1 Å². The Hall–Kier alpha value is -3.69. The summed E-state index contributed by atoms with van der Waals surface area (Å²) in [6.07, 6.45) is 0. The maximum Gasteiger partial charge on any atom is 0.341 e. The molecule has 0 radical (unpaired) electrons. The first kappa shape index (κ1) is 17.7. The zero-order valence-corrected chi connectivity index (χ0v) is 13.1. The molecule has 0 fully saturated rings. The van der Waals surface area contributed by atoms with Gasteiger partial charge in [-0.2, -0.15) is 0 Å². The molecule has 0 N–H and O–H groups in total. The first-order chi connectivity index (χ1) is 11.9. The van der Waals surface area contributed by atoms with Crippen molar-refractivity contribution in [3.05, 3.63) is 62.2 Å². The molecule has 2 aromatic rings. The van der Waals surface area contributed by atoms with Gasteiger partial charge in [-0.1, -0.05) is 0 Å². The van der Waals surface area contributed by atoms with E-state index in [9.17, 15) is 25.0 Å². The van der Waals surface area contributed by atoms with Crippen molar-refractivity contribution in [1.82, 2.24) is 0 Å². The number of hydrogen-bond acceptors (Lipinski definition) is 8. The van der Waals surface area contributed by atoms with Crippen LogP contribution >= 0.6 is 0 Å². The van der Waals surface area contributed by atoms with Gasteiger partial charge in [0.15, 0.2) is 0 Å². The molecule has 0 saturated carbocycles. The fraction of sp³-hybridized carbons (Fsp3) is 0.133. The van der Waals surface area contributed by atoms with Crippen molar-refractivity contribution in [2.45, 2.75) is 0 Å². The molecule has 0 unspecified atom stereocenters. The van der Waals surface area contributed by atoms with Crippen molar-refractivity contribution in [3.8, 4) is 17.2 Å². The number of esters is 1. The minimum Gasteiger partial charge on any atom is -0.497 e. The maximum absolute atomic E-state index is 11.8. The Bertz CT molecular complexity index is 849. The summed E-state index contributed by atoms with van der Waals surface area (Å²) in [7, 11) is 2.57. The summed E-state index contributed by atoms with van der Waals surface area (Å²) in [5.74, 6) is -0.702. The fourth-order valence-electron chi connectivity index (χ4n) is 1.96. The van der Waals surface area contributed by atoms with Gasteiger partial charge in [-0.3, -0.25) is 20.2 Å². The quantitative estimate of drug-likeness (QED) is 0.442. The molecule has 0 aromatic heterocycles. The Balaban J connectivity index is 2.53. The van der Waals surface area contributed by atoms with Crippen LogP contribution in [0, 0.1) is 20.2 Å². The number of hydrogen-bond donors (Lipinski definition) is 0. The number of rotatable bonds is 6. The minimum absolute atomic E-state index is 0.0101. The first-order valence-corrected chi connectivity index (χ1v) is 6.74. The smallest absolute Gasteiger partial charge is 0.341 e. The summed E-state index contributed by atoms with van der Waals surface area (Å²) in [5.41, 5.74) is -1.07. The lowest BCUT2D eigenvalue weighted by molar-refractivity contribution is -0.394. The van der Waals surface area contributed by atoms with Crippen molar-refractivity contribution in [1.29, 1.82) is 0 Å².